The molecule has 3 heteroatoms. The van der Waals surface area contributed by atoms with E-state index in [9.17, 15) is 0 Å². The van der Waals surface area contributed by atoms with Gasteiger partial charge in [0.1, 0.15) is 0 Å². The summed E-state index contributed by atoms with van der Waals surface area (Å²) in [6.07, 6.45) is 0.819. The fourth-order valence-electron chi connectivity index (χ4n) is 1.76. The van der Waals surface area contributed by atoms with Crippen molar-refractivity contribution < 1.29 is 5.11 Å². The van der Waals surface area contributed by atoms with E-state index in [-0.39, 0.29) is 12.6 Å². The highest BCUT2D eigenvalue weighted by Crippen LogP contribution is 2.35. The van der Waals surface area contributed by atoms with Gasteiger partial charge in [0.25, 0.3) is 0 Å². The molecule has 0 aliphatic heterocycles. The number of nitrogens with two attached hydrogens (primary N) is 1. The topological polar surface area (TPSA) is 46.2 Å². The molecule has 1 aromatic rings. The summed E-state index contributed by atoms with van der Waals surface area (Å²) in [6.45, 7) is 6.52. The Balaban J connectivity index is 2.75. The first-order chi connectivity index (χ1) is 8.04. The number of rotatable bonds is 6. The monoisotopic (exact) mass is 253 g/mol. The fraction of sp³-hybridized carbons (Fsp3) is 0.571. The van der Waals surface area contributed by atoms with Crippen molar-refractivity contribution in [2.24, 2.45) is 5.73 Å². The summed E-state index contributed by atoms with van der Waals surface area (Å²) in [7, 11) is 0. The highest BCUT2D eigenvalue weighted by Gasteiger charge is 2.19. The Kier molecular flexibility index (Phi) is 6.03. The maximum Gasteiger partial charge on any atom is 0.0448 e. The minimum atomic E-state index is 0.115. The van der Waals surface area contributed by atoms with Crippen LogP contribution in [0.1, 0.15) is 36.6 Å². The van der Waals surface area contributed by atoms with Crippen molar-refractivity contribution in [3.8, 4) is 0 Å². The van der Waals surface area contributed by atoms with Gasteiger partial charge in [-0.25, -0.2) is 0 Å². The molecule has 0 saturated heterocycles. The molecular weight excluding hydrogens is 230 g/mol. The Morgan fingerprint density at radius 3 is 2.29 bits per heavy atom. The number of hydrogen-bond donors (Lipinski definition) is 2. The van der Waals surface area contributed by atoms with Crippen molar-refractivity contribution in [3.05, 3.63) is 35.4 Å². The second-order valence-corrected chi connectivity index (χ2v) is 6.23. The van der Waals surface area contributed by atoms with Crippen LogP contribution in [0, 0.1) is 6.92 Å². The standard InChI is InChI=1S/C14H23NOS/c1-10-4-6-13(7-5-10)14(12(3)15)17-11(2)8-9-16/h4-7,11-12,14,16H,8-9,15H2,1-3H3. The lowest BCUT2D eigenvalue weighted by molar-refractivity contribution is 0.288. The van der Waals surface area contributed by atoms with Crippen LogP contribution in [-0.2, 0) is 0 Å². The maximum absolute atomic E-state index is 8.95. The second kappa shape index (κ2) is 7.04. The van der Waals surface area contributed by atoms with Gasteiger partial charge < -0.3 is 10.8 Å². The number of thioether (sulfide) groups is 1. The van der Waals surface area contributed by atoms with Crippen molar-refractivity contribution >= 4 is 11.8 Å². The molecule has 0 bridgehead atoms. The Hall–Kier alpha value is -0.510. The third kappa shape index (κ3) is 4.70. The van der Waals surface area contributed by atoms with Crippen LogP contribution in [0.15, 0.2) is 24.3 Å². The van der Waals surface area contributed by atoms with Crippen LogP contribution < -0.4 is 5.73 Å². The smallest absolute Gasteiger partial charge is 0.0448 e. The summed E-state index contributed by atoms with van der Waals surface area (Å²) in [5, 5.41) is 9.68. The minimum absolute atomic E-state index is 0.115. The summed E-state index contributed by atoms with van der Waals surface area (Å²) < 4.78 is 0. The van der Waals surface area contributed by atoms with Crippen molar-refractivity contribution in [2.75, 3.05) is 6.61 Å². The zero-order valence-electron chi connectivity index (χ0n) is 10.9. The first-order valence-corrected chi connectivity index (χ1v) is 7.07. The van der Waals surface area contributed by atoms with E-state index < -0.39 is 0 Å². The molecule has 3 N–H and O–H groups in total. The lowest BCUT2D eigenvalue weighted by atomic mass is 10.1. The minimum Gasteiger partial charge on any atom is -0.396 e. The van der Waals surface area contributed by atoms with Gasteiger partial charge in [0.2, 0.25) is 0 Å². The van der Waals surface area contributed by atoms with Crippen molar-refractivity contribution in [3.63, 3.8) is 0 Å². The Morgan fingerprint density at radius 1 is 1.24 bits per heavy atom. The molecule has 0 saturated carbocycles. The maximum atomic E-state index is 8.95. The van der Waals surface area contributed by atoms with E-state index in [0.717, 1.165) is 6.42 Å². The second-order valence-electron chi connectivity index (χ2n) is 4.65. The first-order valence-electron chi connectivity index (χ1n) is 6.13. The van der Waals surface area contributed by atoms with Gasteiger partial charge in [-0.3, -0.25) is 0 Å². The Labute approximate surface area is 109 Å². The fourth-order valence-corrected chi connectivity index (χ4v) is 3.07. The molecule has 0 aliphatic rings. The zero-order chi connectivity index (χ0) is 12.8. The third-order valence-electron chi connectivity index (χ3n) is 2.80. The van der Waals surface area contributed by atoms with Gasteiger partial charge in [0.05, 0.1) is 0 Å². The molecule has 0 fully saturated rings. The Morgan fingerprint density at radius 2 is 1.82 bits per heavy atom. The van der Waals surface area contributed by atoms with E-state index in [4.69, 9.17) is 10.8 Å². The number of aryl methyl sites for hydroxylation is 1. The normalized spacial score (nSPS) is 16.5. The molecule has 3 atom stereocenters. The highest BCUT2D eigenvalue weighted by molar-refractivity contribution is 8.00. The van der Waals surface area contributed by atoms with Gasteiger partial charge in [-0.15, -0.1) is 11.8 Å². The lowest BCUT2D eigenvalue weighted by Gasteiger charge is -2.24. The van der Waals surface area contributed by atoms with Crippen LogP contribution >= 0.6 is 11.8 Å². The van der Waals surface area contributed by atoms with Crippen molar-refractivity contribution in [1.29, 1.82) is 0 Å². The van der Waals surface area contributed by atoms with Crippen LogP contribution in [0.3, 0.4) is 0 Å². The summed E-state index contributed by atoms with van der Waals surface area (Å²) in [5.74, 6) is 0. The van der Waals surface area contributed by atoms with Crippen LogP contribution in [0.4, 0.5) is 0 Å². The van der Waals surface area contributed by atoms with Crippen LogP contribution in [0.25, 0.3) is 0 Å². The summed E-state index contributed by atoms with van der Waals surface area (Å²) in [6, 6.07) is 8.68. The molecule has 0 radical (unpaired) electrons. The highest BCUT2D eigenvalue weighted by atomic mass is 32.2. The van der Waals surface area contributed by atoms with Crippen LogP contribution in [-0.4, -0.2) is 23.0 Å². The molecule has 2 nitrogen and oxygen atoms in total. The van der Waals surface area contributed by atoms with Crippen LogP contribution in [0.2, 0.25) is 0 Å². The van der Waals surface area contributed by atoms with Crippen molar-refractivity contribution in [1.82, 2.24) is 0 Å². The number of benzene rings is 1. The molecule has 1 rings (SSSR count). The van der Waals surface area contributed by atoms with E-state index in [2.05, 4.69) is 38.1 Å². The number of aliphatic hydroxyl groups is 1. The Bertz CT molecular complexity index is 323. The lowest BCUT2D eigenvalue weighted by Crippen LogP contribution is -2.24. The largest absolute Gasteiger partial charge is 0.396 e. The predicted octanol–water partition coefficient (Wildman–Crippen LogP) is 2.89. The number of aliphatic hydroxyl groups excluding tert-OH is 1. The van der Waals surface area contributed by atoms with E-state index in [1.807, 2.05) is 18.7 Å². The van der Waals surface area contributed by atoms with E-state index in [0.29, 0.717) is 10.5 Å². The van der Waals surface area contributed by atoms with E-state index in [1.54, 1.807) is 0 Å². The van der Waals surface area contributed by atoms with Gasteiger partial charge in [0, 0.05) is 23.1 Å². The molecular formula is C14H23NOS. The molecule has 1 aromatic carbocycles. The zero-order valence-corrected chi connectivity index (χ0v) is 11.7. The molecule has 0 aromatic heterocycles. The molecule has 0 aliphatic carbocycles. The van der Waals surface area contributed by atoms with Gasteiger partial charge >= 0.3 is 0 Å². The van der Waals surface area contributed by atoms with Gasteiger partial charge in [-0.05, 0) is 25.8 Å². The molecule has 0 spiro atoms. The van der Waals surface area contributed by atoms with E-state index >= 15 is 0 Å². The van der Waals surface area contributed by atoms with Gasteiger partial charge in [0.15, 0.2) is 0 Å². The third-order valence-corrected chi connectivity index (χ3v) is 4.49. The summed E-state index contributed by atoms with van der Waals surface area (Å²) in [5.41, 5.74) is 8.62. The van der Waals surface area contributed by atoms with Crippen LogP contribution in [0.5, 0.6) is 0 Å². The SMILES string of the molecule is Cc1ccc(C(SC(C)CCO)C(C)N)cc1. The summed E-state index contributed by atoms with van der Waals surface area (Å²) >= 11 is 1.85. The average Bonchev–Trinajstić information content (AvgIpc) is 2.27. The molecule has 0 amide bonds. The van der Waals surface area contributed by atoms with Crippen molar-refractivity contribution in [2.45, 2.75) is 43.7 Å². The summed E-state index contributed by atoms with van der Waals surface area (Å²) in [4.78, 5) is 0. The number of hydrogen-bond acceptors (Lipinski definition) is 3. The average molecular weight is 253 g/mol. The van der Waals surface area contributed by atoms with Gasteiger partial charge in [-0.1, -0.05) is 36.8 Å². The molecule has 3 unspecified atom stereocenters. The van der Waals surface area contributed by atoms with E-state index in [1.165, 1.54) is 11.1 Å². The molecule has 0 heterocycles. The van der Waals surface area contributed by atoms with Gasteiger partial charge in [-0.2, -0.15) is 0 Å². The molecule has 96 valence electrons. The first kappa shape index (κ1) is 14.6. The quantitative estimate of drug-likeness (QED) is 0.819. The predicted molar refractivity (Wildman–Crippen MR) is 76.3 cm³/mol. The molecule has 17 heavy (non-hydrogen) atoms.